The lowest BCUT2D eigenvalue weighted by Crippen LogP contribution is -2.41. The van der Waals surface area contributed by atoms with E-state index in [-0.39, 0.29) is 11.3 Å². The van der Waals surface area contributed by atoms with Crippen LogP contribution in [0.2, 0.25) is 0 Å². The zero-order valence-corrected chi connectivity index (χ0v) is 12.2. The van der Waals surface area contributed by atoms with E-state index in [4.69, 9.17) is 4.74 Å². The molecule has 0 spiro atoms. The number of carboxylic acids is 1. The minimum Gasteiger partial charge on any atom is -0.494 e. The molecule has 2 rings (SSSR count). The first kappa shape index (κ1) is 14.7. The Balaban J connectivity index is 2.22. The van der Waals surface area contributed by atoms with Crippen molar-refractivity contribution in [1.29, 1.82) is 0 Å². The second-order valence-electron chi connectivity index (χ2n) is 4.47. The summed E-state index contributed by atoms with van der Waals surface area (Å²) < 4.78 is 5.38. The Hall–Kier alpha value is -1.69. The van der Waals surface area contributed by atoms with Crippen LogP contribution in [0.15, 0.2) is 24.3 Å². The van der Waals surface area contributed by atoms with Crippen LogP contribution in [0, 0.1) is 0 Å². The van der Waals surface area contributed by atoms with Crippen molar-refractivity contribution in [2.24, 2.45) is 0 Å². The first-order chi connectivity index (χ1) is 9.54. The number of hydrogen-bond donors (Lipinski definition) is 1. The quantitative estimate of drug-likeness (QED) is 0.921. The molecule has 0 radical (unpaired) electrons. The van der Waals surface area contributed by atoms with Crippen molar-refractivity contribution >= 4 is 23.6 Å². The summed E-state index contributed by atoms with van der Waals surface area (Å²) in [7, 11) is 0. The van der Waals surface area contributed by atoms with Gasteiger partial charge in [0.25, 0.3) is 0 Å². The van der Waals surface area contributed by atoms with Crippen LogP contribution in [0.1, 0.15) is 24.8 Å². The third-order valence-electron chi connectivity index (χ3n) is 3.13. The van der Waals surface area contributed by atoms with E-state index in [1.54, 1.807) is 0 Å². The number of ether oxygens (including phenoxy) is 1. The van der Waals surface area contributed by atoms with Crippen LogP contribution in [0.3, 0.4) is 0 Å². The smallest absolute Gasteiger partial charge is 0.327 e. The summed E-state index contributed by atoms with van der Waals surface area (Å²) in [4.78, 5) is 24.4. The fourth-order valence-corrected chi connectivity index (χ4v) is 3.71. The Bertz CT molecular complexity index is 502. The summed E-state index contributed by atoms with van der Waals surface area (Å²) in [6, 6.07) is 6.68. The fourth-order valence-electron chi connectivity index (χ4n) is 2.23. The van der Waals surface area contributed by atoms with E-state index in [1.165, 1.54) is 23.6 Å². The van der Waals surface area contributed by atoms with Gasteiger partial charge in [-0.1, -0.05) is 12.1 Å². The standard InChI is InChI=1S/C14H17NO4S/c1-3-19-11-6-4-10(5-7-11)13-15(9(2)16)12(8-20-13)14(17)18/h4-7,12-13H,3,8H2,1-2H3,(H,17,18)/t12-,13?/m1/s1. The van der Waals surface area contributed by atoms with Crippen molar-refractivity contribution in [2.45, 2.75) is 25.3 Å². The molecule has 1 heterocycles. The van der Waals surface area contributed by atoms with Crippen LogP contribution in [0.5, 0.6) is 5.75 Å². The number of aliphatic carboxylic acids is 1. The van der Waals surface area contributed by atoms with Crippen LogP contribution in [0.4, 0.5) is 0 Å². The lowest BCUT2D eigenvalue weighted by molar-refractivity contribution is -0.148. The number of thioether (sulfide) groups is 1. The van der Waals surface area contributed by atoms with E-state index in [0.29, 0.717) is 12.4 Å². The minimum atomic E-state index is -0.957. The summed E-state index contributed by atoms with van der Waals surface area (Å²) in [6.07, 6.45) is 0. The highest BCUT2D eigenvalue weighted by Crippen LogP contribution is 2.41. The summed E-state index contributed by atoms with van der Waals surface area (Å²) in [6.45, 7) is 3.91. The second-order valence-corrected chi connectivity index (χ2v) is 5.58. The van der Waals surface area contributed by atoms with Gasteiger partial charge in [-0.15, -0.1) is 11.8 Å². The summed E-state index contributed by atoms with van der Waals surface area (Å²) >= 11 is 1.47. The van der Waals surface area contributed by atoms with Gasteiger partial charge in [-0.2, -0.15) is 0 Å². The van der Waals surface area contributed by atoms with E-state index in [9.17, 15) is 14.7 Å². The largest absolute Gasteiger partial charge is 0.494 e. The number of nitrogens with zero attached hydrogens (tertiary/aromatic N) is 1. The highest BCUT2D eigenvalue weighted by Gasteiger charge is 2.40. The number of benzene rings is 1. The number of amides is 1. The molecule has 1 fully saturated rings. The molecular formula is C14H17NO4S. The molecular weight excluding hydrogens is 278 g/mol. The van der Waals surface area contributed by atoms with E-state index >= 15 is 0 Å². The molecule has 0 aliphatic carbocycles. The second kappa shape index (κ2) is 6.17. The predicted octanol–water partition coefficient (Wildman–Crippen LogP) is 2.13. The fraction of sp³-hybridized carbons (Fsp3) is 0.429. The van der Waals surface area contributed by atoms with Gasteiger partial charge >= 0.3 is 5.97 Å². The van der Waals surface area contributed by atoms with Crippen molar-refractivity contribution in [2.75, 3.05) is 12.4 Å². The molecule has 1 unspecified atom stereocenters. The molecule has 1 aliphatic heterocycles. The SMILES string of the molecule is CCOc1ccc(C2SC[C@H](C(=O)O)N2C(C)=O)cc1. The normalized spacial score (nSPS) is 21.8. The van der Waals surface area contributed by atoms with Crippen molar-refractivity contribution in [3.63, 3.8) is 0 Å². The number of rotatable bonds is 4. The Morgan fingerprint density at radius 1 is 1.40 bits per heavy atom. The van der Waals surface area contributed by atoms with Crippen LogP contribution in [-0.4, -0.2) is 40.3 Å². The molecule has 5 nitrogen and oxygen atoms in total. The number of carboxylic acid groups (broad SMARTS) is 1. The maximum atomic E-state index is 11.7. The van der Waals surface area contributed by atoms with Gasteiger partial charge in [0.05, 0.1) is 6.61 Å². The van der Waals surface area contributed by atoms with E-state index in [0.717, 1.165) is 11.3 Å². The number of carbonyl (C=O) groups is 2. The Morgan fingerprint density at radius 3 is 2.55 bits per heavy atom. The molecule has 1 aromatic carbocycles. The summed E-state index contributed by atoms with van der Waals surface area (Å²) in [5.41, 5.74) is 0.914. The Kier molecular flexibility index (Phi) is 4.54. The maximum absolute atomic E-state index is 11.7. The topological polar surface area (TPSA) is 66.8 Å². The van der Waals surface area contributed by atoms with Crippen LogP contribution in [-0.2, 0) is 9.59 Å². The molecule has 1 aromatic rings. The maximum Gasteiger partial charge on any atom is 0.327 e. The van der Waals surface area contributed by atoms with Gasteiger partial charge in [-0.05, 0) is 24.6 Å². The molecule has 108 valence electrons. The van der Waals surface area contributed by atoms with E-state index < -0.39 is 12.0 Å². The zero-order valence-electron chi connectivity index (χ0n) is 11.4. The zero-order chi connectivity index (χ0) is 14.7. The van der Waals surface area contributed by atoms with Crippen molar-refractivity contribution in [1.82, 2.24) is 4.90 Å². The average Bonchev–Trinajstić information content (AvgIpc) is 2.85. The van der Waals surface area contributed by atoms with Gasteiger partial charge in [-0.3, -0.25) is 4.79 Å². The van der Waals surface area contributed by atoms with Gasteiger partial charge in [0, 0.05) is 12.7 Å². The predicted molar refractivity (Wildman–Crippen MR) is 76.8 cm³/mol. The molecule has 1 aliphatic rings. The molecule has 0 bridgehead atoms. The summed E-state index contributed by atoms with van der Waals surface area (Å²) in [5.74, 6) is -0.00176. The average molecular weight is 295 g/mol. The number of hydrogen-bond acceptors (Lipinski definition) is 4. The van der Waals surface area contributed by atoms with E-state index in [2.05, 4.69) is 0 Å². The molecule has 1 saturated heterocycles. The molecule has 1 N–H and O–H groups in total. The lowest BCUT2D eigenvalue weighted by Gasteiger charge is -2.26. The van der Waals surface area contributed by atoms with Gasteiger partial charge in [0.2, 0.25) is 5.91 Å². The Morgan fingerprint density at radius 2 is 2.05 bits per heavy atom. The molecule has 0 aromatic heterocycles. The van der Waals surface area contributed by atoms with Crippen molar-refractivity contribution in [3.8, 4) is 5.75 Å². The van der Waals surface area contributed by atoms with Crippen LogP contribution >= 0.6 is 11.8 Å². The highest BCUT2D eigenvalue weighted by atomic mass is 32.2. The Labute approximate surface area is 121 Å². The summed E-state index contributed by atoms with van der Waals surface area (Å²) in [5, 5.41) is 8.94. The lowest BCUT2D eigenvalue weighted by atomic mass is 10.1. The monoisotopic (exact) mass is 295 g/mol. The highest BCUT2D eigenvalue weighted by molar-refractivity contribution is 7.99. The van der Waals surface area contributed by atoms with E-state index in [1.807, 2.05) is 31.2 Å². The number of carbonyl (C=O) groups excluding carboxylic acids is 1. The van der Waals surface area contributed by atoms with Gasteiger partial charge in [-0.25, -0.2) is 4.79 Å². The van der Waals surface area contributed by atoms with Crippen LogP contribution in [0.25, 0.3) is 0 Å². The minimum absolute atomic E-state index is 0.221. The van der Waals surface area contributed by atoms with Crippen molar-refractivity contribution in [3.05, 3.63) is 29.8 Å². The third-order valence-corrected chi connectivity index (χ3v) is 4.45. The van der Waals surface area contributed by atoms with Gasteiger partial charge in [0.15, 0.2) is 0 Å². The first-order valence-corrected chi connectivity index (χ1v) is 7.45. The molecule has 1 amide bonds. The third kappa shape index (κ3) is 2.90. The van der Waals surface area contributed by atoms with Gasteiger partial charge in [0.1, 0.15) is 17.2 Å². The molecule has 6 heteroatoms. The van der Waals surface area contributed by atoms with Crippen molar-refractivity contribution < 1.29 is 19.4 Å². The first-order valence-electron chi connectivity index (χ1n) is 6.40. The molecule has 0 saturated carbocycles. The molecule has 20 heavy (non-hydrogen) atoms. The van der Waals surface area contributed by atoms with Gasteiger partial charge < -0.3 is 14.7 Å². The molecule has 2 atom stereocenters. The van der Waals surface area contributed by atoms with Crippen LogP contribution < -0.4 is 4.74 Å².